The number of ether oxygens (including phenoxy) is 2. The van der Waals surface area contributed by atoms with Gasteiger partial charge in [0.1, 0.15) is 11.5 Å². The van der Waals surface area contributed by atoms with Crippen LogP contribution in [0.2, 0.25) is 5.02 Å². The molecule has 0 aliphatic carbocycles. The molecule has 1 aromatic heterocycles. The van der Waals surface area contributed by atoms with Crippen molar-refractivity contribution in [1.29, 1.82) is 0 Å². The molecule has 0 bridgehead atoms. The maximum atomic E-state index is 12.1. The molecular weight excluding hydrogens is 402 g/mol. The summed E-state index contributed by atoms with van der Waals surface area (Å²) >= 11 is 7.17. The van der Waals surface area contributed by atoms with Gasteiger partial charge in [0, 0.05) is 5.69 Å². The van der Waals surface area contributed by atoms with Gasteiger partial charge < -0.3 is 19.2 Å². The molecule has 0 saturated carbocycles. The van der Waals surface area contributed by atoms with Crippen LogP contribution in [0.25, 0.3) is 0 Å². The number of nitrogens with one attached hydrogen (secondary N) is 1. The van der Waals surface area contributed by atoms with Gasteiger partial charge >= 0.3 is 0 Å². The normalized spacial score (nSPS) is 10.5. The van der Waals surface area contributed by atoms with Crippen LogP contribution in [0.1, 0.15) is 12.8 Å². The predicted molar refractivity (Wildman–Crippen MR) is 107 cm³/mol. The molecule has 2 aromatic carbocycles. The second-order valence-electron chi connectivity index (χ2n) is 5.48. The zero-order valence-corrected chi connectivity index (χ0v) is 16.6. The smallest absolute Gasteiger partial charge is 0.277 e. The van der Waals surface area contributed by atoms with Crippen LogP contribution in [0.15, 0.2) is 58.2 Å². The minimum atomic E-state index is -0.179. The Morgan fingerprint density at radius 1 is 1.14 bits per heavy atom. The van der Waals surface area contributed by atoms with Crippen molar-refractivity contribution >= 4 is 35.0 Å². The lowest BCUT2D eigenvalue weighted by molar-refractivity contribution is -0.113. The molecule has 28 heavy (non-hydrogen) atoms. The van der Waals surface area contributed by atoms with Gasteiger partial charge in [0.25, 0.3) is 11.1 Å². The Labute approximate surface area is 171 Å². The van der Waals surface area contributed by atoms with Crippen LogP contribution in [0.4, 0.5) is 5.69 Å². The highest BCUT2D eigenvalue weighted by molar-refractivity contribution is 7.99. The Balaban J connectivity index is 1.44. The van der Waals surface area contributed by atoms with Gasteiger partial charge in [-0.25, -0.2) is 0 Å². The van der Waals surface area contributed by atoms with Crippen molar-refractivity contribution in [3.63, 3.8) is 0 Å². The number of nitrogens with zero attached hydrogens (tertiary/aromatic N) is 2. The number of carbonyl (C=O) groups is 1. The largest absolute Gasteiger partial charge is 0.494 e. The Bertz CT molecular complexity index is 918. The number of hydrogen-bond acceptors (Lipinski definition) is 7. The van der Waals surface area contributed by atoms with Gasteiger partial charge in [0.2, 0.25) is 5.91 Å². The van der Waals surface area contributed by atoms with E-state index in [1.165, 1.54) is 0 Å². The number of thioether (sulfide) groups is 1. The first kappa shape index (κ1) is 20.0. The lowest BCUT2D eigenvalue weighted by Crippen LogP contribution is -2.13. The number of aromatic nitrogens is 2. The number of benzene rings is 2. The summed E-state index contributed by atoms with van der Waals surface area (Å²) in [6.07, 6.45) is 0. The number of halogens is 1. The Hall–Kier alpha value is -2.71. The summed E-state index contributed by atoms with van der Waals surface area (Å²) in [5.41, 5.74) is 0.688. The average Bonchev–Trinajstić information content (AvgIpc) is 3.15. The highest BCUT2D eigenvalue weighted by Crippen LogP contribution is 2.24. The molecule has 1 amide bonds. The number of anilines is 1. The summed E-state index contributed by atoms with van der Waals surface area (Å²) in [7, 11) is 0. The Kier molecular flexibility index (Phi) is 7.16. The number of hydrogen-bond donors (Lipinski definition) is 1. The first-order chi connectivity index (χ1) is 13.6. The number of carbonyl (C=O) groups excluding carboxylic acids is 1. The summed E-state index contributed by atoms with van der Waals surface area (Å²) in [6.45, 7) is 2.60. The molecule has 1 heterocycles. The van der Waals surface area contributed by atoms with Gasteiger partial charge in [-0.1, -0.05) is 35.5 Å². The number of amides is 1. The van der Waals surface area contributed by atoms with Gasteiger partial charge in [0.15, 0.2) is 6.61 Å². The predicted octanol–water partition coefficient (Wildman–Crippen LogP) is 4.43. The van der Waals surface area contributed by atoms with Crippen molar-refractivity contribution in [2.24, 2.45) is 0 Å². The molecule has 0 aliphatic rings. The fraction of sp³-hybridized carbons (Fsp3) is 0.211. The zero-order valence-electron chi connectivity index (χ0n) is 15.1. The third-order valence-corrected chi connectivity index (χ3v) is 4.54. The fourth-order valence-corrected chi connectivity index (χ4v) is 2.95. The fourth-order valence-electron chi connectivity index (χ4n) is 2.18. The van der Waals surface area contributed by atoms with Crippen LogP contribution in [-0.2, 0) is 11.4 Å². The molecule has 7 nitrogen and oxygen atoms in total. The van der Waals surface area contributed by atoms with E-state index in [2.05, 4.69) is 15.5 Å². The molecule has 0 radical (unpaired) electrons. The van der Waals surface area contributed by atoms with Crippen LogP contribution in [-0.4, -0.2) is 28.5 Å². The van der Waals surface area contributed by atoms with Crippen LogP contribution >= 0.6 is 23.4 Å². The van der Waals surface area contributed by atoms with E-state index in [1.807, 2.05) is 19.1 Å². The molecule has 0 spiro atoms. The van der Waals surface area contributed by atoms with Crippen molar-refractivity contribution in [2.75, 3.05) is 17.7 Å². The van der Waals surface area contributed by atoms with Crippen molar-refractivity contribution in [2.45, 2.75) is 18.8 Å². The maximum Gasteiger partial charge on any atom is 0.277 e. The van der Waals surface area contributed by atoms with Crippen molar-refractivity contribution < 1.29 is 18.7 Å². The van der Waals surface area contributed by atoms with Gasteiger partial charge in [-0.2, -0.15) is 0 Å². The molecule has 9 heteroatoms. The number of rotatable bonds is 9. The summed E-state index contributed by atoms with van der Waals surface area (Å²) in [5.74, 6) is 1.55. The average molecular weight is 420 g/mol. The lowest BCUT2D eigenvalue weighted by Gasteiger charge is -2.06. The van der Waals surface area contributed by atoms with E-state index < -0.39 is 0 Å². The van der Waals surface area contributed by atoms with Gasteiger partial charge in [0.05, 0.1) is 17.4 Å². The van der Waals surface area contributed by atoms with Crippen molar-refractivity contribution in [1.82, 2.24) is 10.2 Å². The van der Waals surface area contributed by atoms with Crippen LogP contribution in [0, 0.1) is 0 Å². The van der Waals surface area contributed by atoms with E-state index in [0.29, 0.717) is 34.2 Å². The molecular formula is C19H18ClN3O4S. The van der Waals surface area contributed by atoms with Gasteiger partial charge in [-0.15, -0.1) is 10.2 Å². The second-order valence-corrected chi connectivity index (χ2v) is 6.81. The van der Waals surface area contributed by atoms with E-state index in [-0.39, 0.29) is 18.3 Å². The van der Waals surface area contributed by atoms with E-state index in [0.717, 1.165) is 17.5 Å². The standard InChI is InChI=1S/C19H18ClN3O4S/c1-2-25-14-9-7-13(8-10-14)21-17(24)12-28-19-23-22-18(27-19)11-26-16-6-4-3-5-15(16)20/h3-10H,2,11-12H2,1H3,(H,21,24). The van der Waals surface area contributed by atoms with E-state index in [1.54, 1.807) is 36.4 Å². The van der Waals surface area contributed by atoms with Gasteiger partial charge in [-0.05, 0) is 43.3 Å². The highest BCUT2D eigenvalue weighted by Gasteiger charge is 2.11. The monoisotopic (exact) mass is 419 g/mol. The second kappa shape index (κ2) is 10.0. The molecule has 3 rings (SSSR count). The Morgan fingerprint density at radius 2 is 1.93 bits per heavy atom. The van der Waals surface area contributed by atoms with Gasteiger partial charge in [-0.3, -0.25) is 4.79 Å². The summed E-state index contributed by atoms with van der Waals surface area (Å²) in [4.78, 5) is 12.1. The van der Waals surface area contributed by atoms with Crippen LogP contribution in [0.3, 0.4) is 0 Å². The SMILES string of the molecule is CCOc1ccc(NC(=O)CSc2nnc(COc3ccccc3Cl)o2)cc1. The molecule has 0 unspecified atom stereocenters. The van der Waals surface area contributed by atoms with E-state index in [9.17, 15) is 4.79 Å². The van der Waals surface area contributed by atoms with Crippen LogP contribution < -0.4 is 14.8 Å². The minimum Gasteiger partial charge on any atom is -0.494 e. The molecule has 0 saturated heterocycles. The first-order valence-corrected chi connectivity index (χ1v) is 9.85. The van der Waals surface area contributed by atoms with Crippen molar-refractivity contribution in [3.8, 4) is 11.5 Å². The minimum absolute atomic E-state index is 0.0929. The number of para-hydroxylation sites is 1. The quantitative estimate of drug-likeness (QED) is 0.513. The lowest BCUT2D eigenvalue weighted by atomic mass is 10.3. The molecule has 0 aliphatic heterocycles. The summed E-state index contributed by atoms with van der Waals surface area (Å²) in [5, 5.41) is 11.4. The van der Waals surface area contributed by atoms with E-state index >= 15 is 0 Å². The molecule has 0 atom stereocenters. The first-order valence-electron chi connectivity index (χ1n) is 8.49. The molecule has 146 valence electrons. The Morgan fingerprint density at radius 3 is 2.68 bits per heavy atom. The zero-order chi connectivity index (χ0) is 19.8. The maximum absolute atomic E-state index is 12.1. The van der Waals surface area contributed by atoms with Crippen LogP contribution in [0.5, 0.6) is 11.5 Å². The topological polar surface area (TPSA) is 86.5 Å². The third kappa shape index (κ3) is 5.90. The molecule has 0 fully saturated rings. The third-order valence-electron chi connectivity index (χ3n) is 3.41. The molecule has 3 aromatic rings. The highest BCUT2D eigenvalue weighted by atomic mass is 35.5. The van der Waals surface area contributed by atoms with E-state index in [4.69, 9.17) is 25.5 Å². The van der Waals surface area contributed by atoms with Crippen molar-refractivity contribution in [3.05, 3.63) is 59.4 Å². The summed E-state index contributed by atoms with van der Waals surface area (Å²) < 4.78 is 16.4. The summed E-state index contributed by atoms with van der Waals surface area (Å²) in [6, 6.07) is 14.3. The molecule has 1 N–H and O–H groups in total.